The highest BCUT2D eigenvalue weighted by Crippen LogP contribution is 2.06. The summed E-state index contributed by atoms with van der Waals surface area (Å²) in [6.07, 6.45) is 0. The van der Waals surface area contributed by atoms with E-state index in [1.165, 1.54) is 6.92 Å². The van der Waals surface area contributed by atoms with Crippen LogP contribution in [-0.2, 0) is 4.79 Å². The molecule has 0 aliphatic heterocycles. The molecule has 0 bridgehead atoms. The maximum Gasteiger partial charge on any atom is 0.318 e. The van der Waals surface area contributed by atoms with Crippen molar-refractivity contribution in [1.29, 1.82) is 0 Å². The number of amides is 3. The number of nitrogens with two attached hydrogens (primary N) is 1. The van der Waals surface area contributed by atoms with Gasteiger partial charge in [-0.25, -0.2) is 4.79 Å². The summed E-state index contributed by atoms with van der Waals surface area (Å²) in [7, 11) is 0. The molecule has 19 heavy (non-hydrogen) atoms. The Morgan fingerprint density at radius 2 is 2.05 bits per heavy atom. The van der Waals surface area contributed by atoms with Gasteiger partial charge in [0.15, 0.2) is 0 Å². The molecular weight excluding hydrogens is 250 g/mol. The molecule has 0 fully saturated rings. The zero-order valence-corrected chi connectivity index (χ0v) is 10.0. The first-order chi connectivity index (χ1) is 9.00. The van der Waals surface area contributed by atoms with Gasteiger partial charge in [0.1, 0.15) is 11.6 Å². The van der Waals surface area contributed by atoms with Gasteiger partial charge in [-0.1, -0.05) is 17.3 Å². The molecule has 1 aromatic heterocycles. The molecule has 98 valence electrons. The molecule has 0 spiro atoms. The van der Waals surface area contributed by atoms with E-state index in [1.54, 1.807) is 24.3 Å². The number of benzene rings is 1. The average Bonchev–Trinajstić information content (AvgIpc) is 2.38. The van der Waals surface area contributed by atoms with E-state index in [0.29, 0.717) is 10.9 Å². The Labute approximate surface area is 107 Å². The minimum atomic E-state index is -0.989. The normalized spacial score (nSPS) is 12.1. The van der Waals surface area contributed by atoms with Crippen molar-refractivity contribution in [3.05, 3.63) is 34.6 Å². The molecule has 0 saturated carbocycles. The van der Waals surface area contributed by atoms with Gasteiger partial charge in [0, 0.05) is 0 Å². The third kappa shape index (κ3) is 2.41. The standard InChI is InChI=1S/C11H11N5O3/c1-6(9(17)13-11(12)19)16-10(18)7-4-2-3-5-8(7)14-15-16/h2-6H,1H3,(H3,12,13,17,19). The number of rotatable bonds is 2. The van der Waals surface area contributed by atoms with E-state index in [0.717, 1.165) is 4.68 Å². The summed E-state index contributed by atoms with van der Waals surface area (Å²) in [5.41, 5.74) is 4.82. The second-order valence-electron chi connectivity index (χ2n) is 3.89. The molecule has 1 aromatic carbocycles. The maximum atomic E-state index is 12.1. The minimum absolute atomic E-state index is 0.344. The van der Waals surface area contributed by atoms with Gasteiger partial charge in [-0.15, -0.1) is 5.10 Å². The van der Waals surface area contributed by atoms with Crippen molar-refractivity contribution in [2.75, 3.05) is 0 Å². The molecule has 3 N–H and O–H groups in total. The third-order valence-electron chi connectivity index (χ3n) is 2.58. The van der Waals surface area contributed by atoms with Crippen molar-refractivity contribution in [2.45, 2.75) is 13.0 Å². The van der Waals surface area contributed by atoms with Crippen LogP contribution < -0.4 is 16.6 Å². The van der Waals surface area contributed by atoms with E-state index >= 15 is 0 Å². The van der Waals surface area contributed by atoms with Gasteiger partial charge >= 0.3 is 6.03 Å². The molecule has 2 rings (SSSR count). The number of carbonyl (C=O) groups is 2. The lowest BCUT2D eigenvalue weighted by molar-refractivity contribution is -0.123. The molecule has 1 unspecified atom stereocenters. The highest BCUT2D eigenvalue weighted by Gasteiger charge is 2.19. The number of aromatic nitrogens is 3. The average molecular weight is 261 g/mol. The molecule has 1 atom stereocenters. The number of carbonyl (C=O) groups excluding carboxylic acids is 2. The summed E-state index contributed by atoms with van der Waals surface area (Å²) >= 11 is 0. The van der Waals surface area contributed by atoms with Gasteiger partial charge in [0.25, 0.3) is 11.5 Å². The first kappa shape index (κ1) is 12.7. The zero-order chi connectivity index (χ0) is 14.0. The monoisotopic (exact) mass is 261 g/mol. The quantitative estimate of drug-likeness (QED) is 0.758. The number of urea groups is 1. The highest BCUT2D eigenvalue weighted by atomic mass is 16.2. The van der Waals surface area contributed by atoms with E-state index in [2.05, 4.69) is 10.3 Å². The van der Waals surface area contributed by atoms with Crippen molar-refractivity contribution in [3.63, 3.8) is 0 Å². The molecule has 0 aliphatic rings. The van der Waals surface area contributed by atoms with Crippen molar-refractivity contribution < 1.29 is 9.59 Å². The molecule has 3 amide bonds. The lowest BCUT2D eigenvalue weighted by atomic mass is 10.2. The predicted molar refractivity (Wildman–Crippen MR) is 66.2 cm³/mol. The lowest BCUT2D eigenvalue weighted by Crippen LogP contribution is -2.42. The summed E-state index contributed by atoms with van der Waals surface area (Å²) in [6.45, 7) is 1.42. The Morgan fingerprint density at radius 3 is 2.74 bits per heavy atom. The second kappa shape index (κ2) is 4.84. The van der Waals surface area contributed by atoms with Crippen LogP contribution in [0.25, 0.3) is 10.9 Å². The van der Waals surface area contributed by atoms with E-state index in [-0.39, 0.29) is 0 Å². The van der Waals surface area contributed by atoms with Crippen molar-refractivity contribution in [2.24, 2.45) is 5.73 Å². The van der Waals surface area contributed by atoms with Gasteiger partial charge in [0.05, 0.1) is 5.39 Å². The molecule has 8 nitrogen and oxygen atoms in total. The van der Waals surface area contributed by atoms with Crippen molar-refractivity contribution >= 4 is 22.8 Å². The fourth-order valence-corrected chi connectivity index (χ4v) is 1.59. The molecular formula is C11H11N5O3. The minimum Gasteiger partial charge on any atom is -0.351 e. The number of fused-ring (bicyclic) bond motifs is 1. The molecule has 0 saturated heterocycles. The fraction of sp³-hybridized carbons (Fsp3) is 0.182. The van der Waals surface area contributed by atoms with E-state index in [4.69, 9.17) is 5.73 Å². The van der Waals surface area contributed by atoms with Crippen LogP contribution in [0.1, 0.15) is 13.0 Å². The first-order valence-electron chi connectivity index (χ1n) is 5.45. The van der Waals surface area contributed by atoms with Crippen molar-refractivity contribution in [3.8, 4) is 0 Å². The van der Waals surface area contributed by atoms with Gasteiger partial charge in [0.2, 0.25) is 0 Å². The zero-order valence-electron chi connectivity index (χ0n) is 10.0. The number of hydrogen-bond donors (Lipinski definition) is 2. The SMILES string of the molecule is CC(C(=O)NC(N)=O)n1nnc2ccccc2c1=O. The first-order valence-corrected chi connectivity index (χ1v) is 5.45. The largest absolute Gasteiger partial charge is 0.351 e. The summed E-state index contributed by atoms with van der Waals surface area (Å²) in [6, 6.07) is 4.66. The topological polar surface area (TPSA) is 120 Å². The molecule has 0 radical (unpaired) electrons. The Balaban J connectivity index is 2.46. The van der Waals surface area contributed by atoms with Crippen LogP contribution in [0.15, 0.2) is 29.1 Å². The Morgan fingerprint density at radius 1 is 1.37 bits per heavy atom. The number of primary amides is 1. The maximum absolute atomic E-state index is 12.1. The number of hydrogen-bond acceptors (Lipinski definition) is 5. The molecule has 8 heteroatoms. The van der Waals surface area contributed by atoms with E-state index in [1.807, 2.05) is 5.32 Å². The summed E-state index contributed by atoms with van der Waals surface area (Å²) < 4.78 is 0.903. The van der Waals surface area contributed by atoms with Crippen LogP contribution in [0.5, 0.6) is 0 Å². The predicted octanol–water partition coefficient (Wildman–Crippen LogP) is -0.453. The lowest BCUT2D eigenvalue weighted by Gasteiger charge is -2.11. The molecule has 2 aromatic rings. The van der Waals surface area contributed by atoms with Crippen LogP contribution in [0.2, 0.25) is 0 Å². The van der Waals surface area contributed by atoms with E-state index in [9.17, 15) is 14.4 Å². The van der Waals surface area contributed by atoms with Crippen LogP contribution in [0.3, 0.4) is 0 Å². The number of nitrogens with zero attached hydrogens (tertiary/aromatic N) is 3. The van der Waals surface area contributed by atoms with Gasteiger partial charge in [-0.3, -0.25) is 14.9 Å². The fourth-order valence-electron chi connectivity index (χ4n) is 1.59. The molecule has 1 heterocycles. The third-order valence-corrected chi connectivity index (χ3v) is 2.58. The van der Waals surface area contributed by atoms with Gasteiger partial charge in [-0.2, -0.15) is 4.68 Å². The van der Waals surface area contributed by atoms with Crippen LogP contribution in [-0.4, -0.2) is 26.9 Å². The van der Waals surface area contributed by atoms with Crippen LogP contribution in [0.4, 0.5) is 4.79 Å². The summed E-state index contributed by atoms with van der Waals surface area (Å²) in [5.74, 6) is -0.723. The van der Waals surface area contributed by atoms with Gasteiger partial charge < -0.3 is 5.73 Å². The molecule has 0 aliphatic carbocycles. The summed E-state index contributed by atoms with van der Waals surface area (Å²) in [5, 5.41) is 9.75. The van der Waals surface area contributed by atoms with Crippen LogP contribution in [0, 0.1) is 0 Å². The summed E-state index contributed by atoms with van der Waals surface area (Å²) in [4.78, 5) is 34.3. The Hall–Kier alpha value is -2.77. The van der Waals surface area contributed by atoms with Gasteiger partial charge in [-0.05, 0) is 19.1 Å². The second-order valence-corrected chi connectivity index (χ2v) is 3.89. The number of imide groups is 1. The van der Waals surface area contributed by atoms with Crippen molar-refractivity contribution in [1.82, 2.24) is 20.3 Å². The smallest absolute Gasteiger partial charge is 0.318 e. The van der Waals surface area contributed by atoms with Crippen LogP contribution >= 0.6 is 0 Å². The highest BCUT2D eigenvalue weighted by molar-refractivity contribution is 5.95. The Kier molecular flexibility index (Phi) is 3.23. The van der Waals surface area contributed by atoms with E-state index < -0.39 is 23.5 Å². The Bertz CT molecular complexity index is 709. The number of nitrogens with one attached hydrogen (secondary N) is 1.